The quantitative estimate of drug-likeness (QED) is 0.675. The Balaban J connectivity index is 1.36. The van der Waals surface area contributed by atoms with Gasteiger partial charge in [-0.3, -0.25) is 4.79 Å². The standard InChI is InChI=1S/C23H24N2O2/c1-17-7-9-20(10-8-17)21-16-22(27-24-21)23(26)25-13-11-19(12-14-25)15-18-5-3-2-4-6-18/h2-10,16,19H,11-15H2,1H3. The summed E-state index contributed by atoms with van der Waals surface area (Å²) in [6.07, 6.45) is 3.14. The molecule has 27 heavy (non-hydrogen) atoms. The molecule has 0 aliphatic carbocycles. The van der Waals surface area contributed by atoms with Gasteiger partial charge in [0.2, 0.25) is 5.76 Å². The Morgan fingerprint density at radius 3 is 2.48 bits per heavy atom. The lowest BCUT2D eigenvalue weighted by Crippen LogP contribution is -2.38. The van der Waals surface area contributed by atoms with Crippen molar-refractivity contribution in [1.82, 2.24) is 10.1 Å². The lowest BCUT2D eigenvalue weighted by atomic mass is 9.90. The molecule has 0 spiro atoms. The van der Waals surface area contributed by atoms with E-state index in [9.17, 15) is 4.79 Å². The van der Waals surface area contributed by atoms with E-state index in [2.05, 4.69) is 29.4 Å². The number of hydrogen-bond donors (Lipinski definition) is 0. The van der Waals surface area contributed by atoms with Gasteiger partial charge in [-0.05, 0) is 37.7 Å². The van der Waals surface area contributed by atoms with Crippen LogP contribution in [0.1, 0.15) is 34.5 Å². The number of likely N-dealkylation sites (tertiary alicyclic amines) is 1. The first kappa shape index (κ1) is 17.5. The van der Waals surface area contributed by atoms with Crippen molar-refractivity contribution < 1.29 is 9.32 Å². The number of piperidine rings is 1. The first-order valence-electron chi connectivity index (χ1n) is 9.56. The van der Waals surface area contributed by atoms with Crippen LogP contribution >= 0.6 is 0 Å². The van der Waals surface area contributed by atoms with Crippen LogP contribution in [0.4, 0.5) is 0 Å². The average molecular weight is 360 g/mol. The summed E-state index contributed by atoms with van der Waals surface area (Å²) in [5, 5.41) is 4.08. The fourth-order valence-corrected chi connectivity index (χ4v) is 3.68. The van der Waals surface area contributed by atoms with Crippen LogP contribution in [0.15, 0.2) is 65.2 Å². The zero-order chi connectivity index (χ0) is 18.6. The number of rotatable bonds is 4. The Labute approximate surface area is 159 Å². The van der Waals surface area contributed by atoms with Gasteiger partial charge in [0.15, 0.2) is 0 Å². The Morgan fingerprint density at radius 1 is 1.07 bits per heavy atom. The van der Waals surface area contributed by atoms with Crippen molar-refractivity contribution in [2.45, 2.75) is 26.2 Å². The molecule has 4 nitrogen and oxygen atoms in total. The molecule has 0 saturated carbocycles. The summed E-state index contributed by atoms with van der Waals surface area (Å²) >= 11 is 0. The summed E-state index contributed by atoms with van der Waals surface area (Å²) < 4.78 is 5.35. The lowest BCUT2D eigenvalue weighted by Gasteiger charge is -2.31. The van der Waals surface area contributed by atoms with Crippen molar-refractivity contribution in [3.8, 4) is 11.3 Å². The summed E-state index contributed by atoms with van der Waals surface area (Å²) in [6, 6.07) is 20.4. The van der Waals surface area contributed by atoms with Crippen LogP contribution in [0.25, 0.3) is 11.3 Å². The summed E-state index contributed by atoms with van der Waals surface area (Å²) in [5.74, 6) is 0.903. The second kappa shape index (κ2) is 7.78. The third kappa shape index (κ3) is 4.11. The molecule has 0 atom stereocenters. The van der Waals surface area contributed by atoms with Crippen LogP contribution in [0, 0.1) is 12.8 Å². The smallest absolute Gasteiger partial charge is 0.292 e. The summed E-state index contributed by atoms with van der Waals surface area (Å²) in [7, 11) is 0. The molecule has 1 aliphatic heterocycles. The van der Waals surface area contributed by atoms with Crippen molar-refractivity contribution in [2.75, 3.05) is 13.1 Å². The Kier molecular flexibility index (Phi) is 5.05. The van der Waals surface area contributed by atoms with E-state index in [-0.39, 0.29) is 5.91 Å². The molecule has 4 rings (SSSR count). The highest BCUT2D eigenvalue weighted by atomic mass is 16.5. The van der Waals surface area contributed by atoms with Crippen molar-refractivity contribution in [3.63, 3.8) is 0 Å². The van der Waals surface area contributed by atoms with Crippen molar-refractivity contribution in [2.24, 2.45) is 5.92 Å². The van der Waals surface area contributed by atoms with E-state index in [4.69, 9.17) is 4.52 Å². The maximum Gasteiger partial charge on any atom is 0.292 e. The zero-order valence-electron chi connectivity index (χ0n) is 15.6. The molecule has 2 aromatic carbocycles. The molecule has 0 N–H and O–H groups in total. The summed E-state index contributed by atoms with van der Waals surface area (Å²) in [6.45, 7) is 3.59. The number of hydrogen-bond acceptors (Lipinski definition) is 3. The number of amides is 1. The molecule has 1 saturated heterocycles. The molecule has 2 heterocycles. The monoisotopic (exact) mass is 360 g/mol. The highest BCUT2D eigenvalue weighted by molar-refractivity contribution is 5.92. The van der Waals surface area contributed by atoms with E-state index in [1.807, 2.05) is 42.2 Å². The van der Waals surface area contributed by atoms with Crippen LogP contribution in [0.5, 0.6) is 0 Å². The molecule has 1 aromatic heterocycles. The van der Waals surface area contributed by atoms with Gasteiger partial charge in [-0.25, -0.2) is 0 Å². The van der Waals surface area contributed by atoms with Crippen LogP contribution in [-0.4, -0.2) is 29.1 Å². The second-order valence-electron chi connectivity index (χ2n) is 7.37. The van der Waals surface area contributed by atoms with E-state index in [0.717, 1.165) is 37.9 Å². The van der Waals surface area contributed by atoms with E-state index in [1.54, 1.807) is 6.07 Å². The molecule has 138 valence electrons. The van der Waals surface area contributed by atoms with Gasteiger partial charge in [0.05, 0.1) is 0 Å². The predicted molar refractivity (Wildman–Crippen MR) is 105 cm³/mol. The van der Waals surface area contributed by atoms with Gasteiger partial charge in [0, 0.05) is 24.7 Å². The van der Waals surface area contributed by atoms with Gasteiger partial charge in [0.1, 0.15) is 5.69 Å². The maximum atomic E-state index is 12.8. The van der Waals surface area contributed by atoms with Crippen molar-refractivity contribution in [1.29, 1.82) is 0 Å². The molecule has 3 aromatic rings. The van der Waals surface area contributed by atoms with E-state index < -0.39 is 0 Å². The maximum absolute atomic E-state index is 12.8. The lowest BCUT2D eigenvalue weighted by molar-refractivity contribution is 0.0649. The number of aryl methyl sites for hydroxylation is 1. The normalized spacial score (nSPS) is 15.1. The van der Waals surface area contributed by atoms with Crippen LogP contribution in [-0.2, 0) is 6.42 Å². The SMILES string of the molecule is Cc1ccc(-c2cc(C(=O)N3CCC(Cc4ccccc4)CC3)on2)cc1. The van der Waals surface area contributed by atoms with Gasteiger partial charge in [-0.15, -0.1) is 0 Å². The van der Waals surface area contributed by atoms with Crippen LogP contribution in [0.2, 0.25) is 0 Å². The van der Waals surface area contributed by atoms with Gasteiger partial charge in [-0.2, -0.15) is 0 Å². The highest BCUT2D eigenvalue weighted by Gasteiger charge is 2.26. The Hall–Kier alpha value is -2.88. The number of benzene rings is 2. The third-order valence-electron chi connectivity index (χ3n) is 5.34. The highest BCUT2D eigenvalue weighted by Crippen LogP contribution is 2.24. The van der Waals surface area contributed by atoms with Gasteiger partial charge in [-0.1, -0.05) is 65.3 Å². The number of carbonyl (C=O) groups excluding carboxylic acids is 1. The largest absolute Gasteiger partial charge is 0.350 e. The Bertz CT molecular complexity index is 892. The molecular weight excluding hydrogens is 336 g/mol. The molecule has 1 aliphatic rings. The van der Waals surface area contributed by atoms with Gasteiger partial charge < -0.3 is 9.42 Å². The average Bonchev–Trinajstić information content (AvgIpc) is 3.20. The fourth-order valence-electron chi connectivity index (χ4n) is 3.68. The molecule has 0 unspecified atom stereocenters. The number of aromatic nitrogens is 1. The minimum atomic E-state index is -0.0565. The molecule has 0 radical (unpaired) electrons. The zero-order valence-corrected chi connectivity index (χ0v) is 15.6. The van der Waals surface area contributed by atoms with E-state index >= 15 is 0 Å². The van der Waals surface area contributed by atoms with Crippen LogP contribution in [0.3, 0.4) is 0 Å². The number of carbonyl (C=O) groups is 1. The minimum Gasteiger partial charge on any atom is -0.350 e. The molecule has 0 bridgehead atoms. The van der Waals surface area contributed by atoms with E-state index in [1.165, 1.54) is 11.1 Å². The second-order valence-corrected chi connectivity index (χ2v) is 7.37. The van der Waals surface area contributed by atoms with Gasteiger partial charge in [0.25, 0.3) is 5.91 Å². The molecule has 1 amide bonds. The minimum absolute atomic E-state index is 0.0565. The molecule has 4 heteroatoms. The first-order valence-corrected chi connectivity index (χ1v) is 9.56. The van der Waals surface area contributed by atoms with Crippen LogP contribution < -0.4 is 0 Å². The van der Waals surface area contributed by atoms with E-state index in [0.29, 0.717) is 17.4 Å². The number of nitrogens with zero attached hydrogens (tertiary/aromatic N) is 2. The molecular formula is C23H24N2O2. The summed E-state index contributed by atoms with van der Waals surface area (Å²) in [5.41, 5.74) is 4.24. The van der Waals surface area contributed by atoms with Crippen molar-refractivity contribution in [3.05, 3.63) is 77.6 Å². The topological polar surface area (TPSA) is 46.3 Å². The molecule has 1 fully saturated rings. The predicted octanol–water partition coefficient (Wildman–Crippen LogP) is 4.74. The first-order chi connectivity index (χ1) is 13.2. The summed E-state index contributed by atoms with van der Waals surface area (Å²) in [4.78, 5) is 14.6. The Morgan fingerprint density at radius 2 is 1.78 bits per heavy atom. The third-order valence-corrected chi connectivity index (χ3v) is 5.34. The fraction of sp³-hybridized carbons (Fsp3) is 0.304. The van der Waals surface area contributed by atoms with Gasteiger partial charge >= 0.3 is 0 Å². The van der Waals surface area contributed by atoms with Crippen molar-refractivity contribution >= 4 is 5.91 Å².